The molecule has 2 heterocycles. The molecule has 0 spiro atoms. The zero-order chi connectivity index (χ0) is 28.1. The highest BCUT2D eigenvalue weighted by Gasteiger charge is 2.23. The molecule has 7 rings (SSSR count). The summed E-state index contributed by atoms with van der Waals surface area (Å²) in [6.07, 6.45) is 0. The van der Waals surface area contributed by atoms with Gasteiger partial charge >= 0.3 is 0 Å². The summed E-state index contributed by atoms with van der Waals surface area (Å²) in [7, 11) is 0. The van der Waals surface area contributed by atoms with E-state index in [1.54, 1.807) is 17.4 Å². The summed E-state index contributed by atoms with van der Waals surface area (Å²) < 4.78 is 27.4. The van der Waals surface area contributed by atoms with Crippen LogP contribution in [0.1, 0.15) is 15.2 Å². The van der Waals surface area contributed by atoms with Crippen LogP contribution >= 0.6 is 11.3 Å². The number of aromatic nitrogens is 2. The van der Waals surface area contributed by atoms with Crippen molar-refractivity contribution in [1.82, 2.24) is 9.55 Å². The summed E-state index contributed by atoms with van der Waals surface area (Å²) in [6.45, 7) is -0.0518. The van der Waals surface area contributed by atoms with Gasteiger partial charge in [0.25, 0.3) is 0 Å². The van der Waals surface area contributed by atoms with Crippen LogP contribution in [0.3, 0.4) is 0 Å². The van der Waals surface area contributed by atoms with Crippen molar-refractivity contribution in [3.8, 4) is 39.3 Å². The van der Waals surface area contributed by atoms with E-state index in [4.69, 9.17) is 9.10 Å². The molecule has 0 saturated carbocycles. The molecule has 0 aliphatic heterocycles. The van der Waals surface area contributed by atoms with E-state index in [0.717, 1.165) is 60.4 Å². The molecule has 0 unspecified atom stereocenters. The molecule has 7 aromatic rings. The molecule has 0 radical (unpaired) electrons. The fourth-order valence-electron chi connectivity index (χ4n) is 5.33. The number of thiophene rings is 1. The number of para-hydroxylation sites is 2. The second-order valence-electron chi connectivity index (χ2n) is 9.56. The smallest absolute Gasteiger partial charge is 0.147 e. The van der Waals surface area contributed by atoms with Gasteiger partial charge in [-0.1, -0.05) is 84.4 Å². The van der Waals surface area contributed by atoms with Crippen molar-refractivity contribution in [1.29, 1.82) is 0 Å². The Morgan fingerprint density at radius 1 is 0.684 bits per heavy atom. The minimum atomic E-state index is -2.19. The number of benzene rings is 5. The van der Waals surface area contributed by atoms with E-state index in [9.17, 15) is 0 Å². The van der Waals surface area contributed by atoms with Crippen molar-refractivity contribution in [2.24, 2.45) is 0 Å². The summed E-state index contributed by atoms with van der Waals surface area (Å²) in [4.78, 5) is 5.19. The Morgan fingerprint density at radius 2 is 1.34 bits per heavy atom. The summed E-state index contributed by atoms with van der Waals surface area (Å²) in [6, 6.07) is 39.1. The van der Waals surface area contributed by atoms with Crippen LogP contribution in [0.4, 0.5) is 0 Å². The van der Waals surface area contributed by atoms with Crippen molar-refractivity contribution in [3.63, 3.8) is 0 Å². The van der Waals surface area contributed by atoms with Crippen LogP contribution in [0.25, 0.3) is 60.4 Å². The molecular weight excluding hydrogens is 480 g/mol. The van der Waals surface area contributed by atoms with Crippen molar-refractivity contribution >= 4 is 32.5 Å². The van der Waals surface area contributed by atoms with E-state index in [0.29, 0.717) is 5.56 Å². The Bertz CT molecular complexity index is 1980. The number of rotatable bonds is 4. The number of hydrogen-bond acceptors (Lipinski definition) is 2. The lowest BCUT2D eigenvalue weighted by Gasteiger charge is -2.20. The van der Waals surface area contributed by atoms with Crippen LogP contribution in [0.2, 0.25) is 0 Å². The van der Waals surface area contributed by atoms with E-state index in [1.165, 1.54) is 5.56 Å². The molecule has 182 valence electrons. The third-order valence-corrected chi connectivity index (χ3v) is 7.99. The molecule has 0 aliphatic carbocycles. The second-order valence-corrected chi connectivity index (χ2v) is 10.5. The molecule has 0 amide bonds. The van der Waals surface area contributed by atoms with Crippen molar-refractivity contribution in [3.05, 3.63) is 132 Å². The largest absolute Gasteiger partial charge is 0.291 e. The first-order chi connectivity index (χ1) is 19.9. The molecular formula is C35H26N2S. The normalized spacial score (nSPS) is 12.9. The van der Waals surface area contributed by atoms with Crippen LogP contribution in [-0.4, -0.2) is 9.55 Å². The minimum absolute atomic E-state index is 0.331. The number of fused-ring (bicyclic) bond motifs is 2. The lowest BCUT2D eigenvalue weighted by Crippen LogP contribution is -2.03. The Morgan fingerprint density at radius 3 is 2.03 bits per heavy atom. The number of aryl methyl sites for hydroxylation is 2. The van der Waals surface area contributed by atoms with Crippen molar-refractivity contribution in [2.75, 3.05) is 0 Å². The van der Waals surface area contributed by atoms with Gasteiger partial charge in [0.05, 0.1) is 16.7 Å². The summed E-state index contributed by atoms with van der Waals surface area (Å²) in [5.74, 6) is 0.790. The number of hydrogen-bond donors (Lipinski definition) is 0. The predicted molar refractivity (Wildman–Crippen MR) is 162 cm³/mol. The summed E-state index contributed by atoms with van der Waals surface area (Å²) in [5.41, 5.74) is 9.79. The quantitative estimate of drug-likeness (QED) is 0.231. The third kappa shape index (κ3) is 3.75. The van der Waals surface area contributed by atoms with Crippen molar-refractivity contribution < 1.29 is 4.11 Å². The van der Waals surface area contributed by atoms with E-state index in [1.807, 2.05) is 42.5 Å². The second kappa shape index (κ2) is 9.13. The molecule has 38 heavy (non-hydrogen) atoms. The lowest BCUT2D eigenvalue weighted by atomic mass is 9.93. The van der Waals surface area contributed by atoms with Crippen LogP contribution < -0.4 is 0 Å². The maximum atomic E-state index is 8.02. The van der Waals surface area contributed by atoms with Crippen LogP contribution in [0, 0.1) is 13.8 Å². The van der Waals surface area contributed by atoms with Gasteiger partial charge < -0.3 is 0 Å². The average Bonchev–Trinajstić information content (AvgIpc) is 3.58. The Labute approximate surface area is 230 Å². The first-order valence-electron chi connectivity index (χ1n) is 14.1. The summed E-state index contributed by atoms with van der Waals surface area (Å²) in [5, 5.41) is 3.00. The molecule has 0 saturated heterocycles. The maximum Gasteiger partial charge on any atom is 0.147 e. The standard InChI is InChI=1S/C35H26N2S/c1-23-17-18-33-29(19-23)30(22-38-33)35-36-31-15-9-10-16-32(31)37(35)34-27(25-11-5-3-6-12-25)20-24(2)21-28(34)26-13-7-4-8-14-26/h3-22H,1-2H3/i1D3. The highest BCUT2D eigenvalue weighted by Crippen LogP contribution is 2.43. The molecule has 0 aliphatic rings. The monoisotopic (exact) mass is 509 g/mol. The van der Waals surface area contributed by atoms with Gasteiger partial charge in [-0.15, -0.1) is 11.3 Å². The average molecular weight is 510 g/mol. The topological polar surface area (TPSA) is 17.8 Å². The molecule has 5 aromatic carbocycles. The first-order valence-corrected chi connectivity index (χ1v) is 13.5. The highest BCUT2D eigenvalue weighted by atomic mass is 32.1. The Kier molecular flexibility index (Phi) is 4.71. The van der Waals surface area contributed by atoms with Crippen LogP contribution in [0.15, 0.2) is 121 Å². The van der Waals surface area contributed by atoms with Gasteiger partial charge in [0.2, 0.25) is 0 Å². The molecule has 2 aromatic heterocycles. The van der Waals surface area contributed by atoms with Gasteiger partial charge in [-0.3, -0.25) is 4.57 Å². The molecule has 0 fully saturated rings. The maximum absolute atomic E-state index is 8.02. The SMILES string of the molecule is [2H]C([2H])([2H])c1ccc2scc(-c3nc4ccccc4n3-c3c(-c4ccccc4)cc(C)cc3-c3ccccc3)c2c1. The zero-order valence-corrected chi connectivity index (χ0v) is 21.7. The van der Waals surface area contributed by atoms with Gasteiger partial charge in [0, 0.05) is 36.3 Å². The van der Waals surface area contributed by atoms with E-state index >= 15 is 0 Å². The predicted octanol–water partition coefficient (Wildman–Crippen LogP) is 9.86. The fourth-order valence-corrected chi connectivity index (χ4v) is 6.25. The van der Waals surface area contributed by atoms with Crippen molar-refractivity contribution in [2.45, 2.75) is 13.8 Å². The molecule has 0 N–H and O–H groups in total. The first kappa shape index (κ1) is 19.6. The Balaban J connectivity index is 1.62. The lowest BCUT2D eigenvalue weighted by molar-refractivity contribution is 1.11. The van der Waals surface area contributed by atoms with Crippen LogP contribution in [0.5, 0.6) is 0 Å². The Hall–Kier alpha value is -4.47. The van der Waals surface area contributed by atoms with Gasteiger partial charge in [0.15, 0.2) is 0 Å². The molecule has 0 bridgehead atoms. The van der Waals surface area contributed by atoms with Crippen LogP contribution in [-0.2, 0) is 0 Å². The van der Waals surface area contributed by atoms with E-state index in [2.05, 4.69) is 83.6 Å². The minimum Gasteiger partial charge on any atom is -0.291 e. The molecule has 0 atom stereocenters. The molecule has 2 nitrogen and oxygen atoms in total. The van der Waals surface area contributed by atoms with Gasteiger partial charge in [-0.25, -0.2) is 4.98 Å². The van der Waals surface area contributed by atoms with E-state index in [-0.39, 0.29) is 0 Å². The summed E-state index contributed by atoms with van der Waals surface area (Å²) >= 11 is 1.61. The van der Waals surface area contributed by atoms with Gasteiger partial charge in [-0.2, -0.15) is 0 Å². The molecule has 3 heteroatoms. The van der Waals surface area contributed by atoms with Gasteiger partial charge in [-0.05, 0) is 66.9 Å². The van der Waals surface area contributed by atoms with E-state index < -0.39 is 6.85 Å². The number of imidazole rings is 1. The highest BCUT2D eigenvalue weighted by molar-refractivity contribution is 7.17. The number of nitrogens with zero attached hydrogens (tertiary/aromatic N) is 2. The third-order valence-electron chi connectivity index (χ3n) is 7.02. The fraction of sp³-hybridized carbons (Fsp3) is 0.0571. The zero-order valence-electron chi connectivity index (χ0n) is 23.8. The van der Waals surface area contributed by atoms with Gasteiger partial charge in [0.1, 0.15) is 5.82 Å².